The summed E-state index contributed by atoms with van der Waals surface area (Å²) in [6, 6.07) is 13.5. The van der Waals surface area contributed by atoms with E-state index in [0.29, 0.717) is 57.1 Å². The average Bonchev–Trinajstić information content (AvgIpc) is 3.87. The number of urea groups is 1. The molecule has 3 aromatic heterocycles. The molecule has 1 spiro atoms. The van der Waals surface area contributed by atoms with Crippen LogP contribution in [-0.4, -0.2) is 62.3 Å². The summed E-state index contributed by atoms with van der Waals surface area (Å²) in [5, 5.41) is 9.22. The molecular weight excluding hydrogens is 725 g/mol. The first-order valence-electron chi connectivity index (χ1n) is 17.4. The molecule has 0 saturated carbocycles. The van der Waals surface area contributed by atoms with Crippen molar-refractivity contribution < 1.29 is 22.7 Å². The molecule has 3 N–H and O–H groups in total. The quantitative estimate of drug-likeness (QED) is 0.197. The van der Waals surface area contributed by atoms with Gasteiger partial charge in [0.15, 0.2) is 0 Å². The number of hydrogen-bond acceptors (Lipinski definition) is 8. The van der Waals surface area contributed by atoms with Crippen molar-refractivity contribution in [2.45, 2.75) is 43.9 Å². The molecule has 2 fully saturated rings. The molecule has 0 radical (unpaired) electrons. The number of fused-ring (bicyclic) bond motifs is 2. The lowest BCUT2D eigenvalue weighted by molar-refractivity contribution is -0.141. The highest BCUT2D eigenvalue weighted by atomic mass is 35.5. The van der Waals surface area contributed by atoms with Gasteiger partial charge in [0, 0.05) is 62.1 Å². The number of carbonyl (C=O) groups is 1. The summed E-state index contributed by atoms with van der Waals surface area (Å²) >= 11 is 7.18. The number of halogens is 4. The van der Waals surface area contributed by atoms with Gasteiger partial charge in [-0.05, 0) is 61.1 Å². The summed E-state index contributed by atoms with van der Waals surface area (Å²) in [4.78, 5) is 49.0. The van der Waals surface area contributed by atoms with Crippen LogP contribution in [0.3, 0.4) is 0 Å². The molecule has 2 unspecified atom stereocenters. The molecule has 2 saturated heterocycles. The number of nitrogens with one attached hydrogen (secondary N) is 3. The zero-order valence-corrected chi connectivity index (χ0v) is 30.6. The Morgan fingerprint density at radius 2 is 1.76 bits per heavy atom. The predicted octanol–water partition coefficient (Wildman–Crippen LogP) is 5.84. The van der Waals surface area contributed by atoms with Gasteiger partial charge in [-0.15, -0.1) is 0 Å². The van der Waals surface area contributed by atoms with Crippen LogP contribution in [-0.2, 0) is 26.7 Å². The predicted molar refractivity (Wildman–Crippen MR) is 198 cm³/mol. The minimum Gasteiger partial charge on any atom is -0.481 e. The number of amides is 2. The number of hydrogen-bond donors (Lipinski definition) is 3. The fraction of sp³-hybridized carbons (Fsp3) is 0.342. The third-order valence-electron chi connectivity index (χ3n) is 11.0. The summed E-state index contributed by atoms with van der Waals surface area (Å²) in [5.74, 6) is 0.186. The van der Waals surface area contributed by atoms with Crippen molar-refractivity contribution in [1.29, 1.82) is 0 Å². The molecule has 8 rings (SSSR count). The Hall–Kier alpha value is -5.41. The van der Waals surface area contributed by atoms with Crippen LogP contribution >= 0.6 is 11.6 Å². The SMILES string of the molecule is COc1nc(-c2cccc(-c3cccc(Nc4nc(C(F)(F)F)cc5c4c(=O)n(C)c(=O)n5C)c3C)c2Cl)cc2c1C(N1CCC3(CNC(=O)N3)C1)CC2. The van der Waals surface area contributed by atoms with E-state index in [9.17, 15) is 27.6 Å². The van der Waals surface area contributed by atoms with Crippen molar-refractivity contribution in [1.82, 2.24) is 34.6 Å². The Morgan fingerprint density at radius 1 is 1.02 bits per heavy atom. The van der Waals surface area contributed by atoms with Crippen molar-refractivity contribution in [3.05, 3.63) is 96.8 Å². The summed E-state index contributed by atoms with van der Waals surface area (Å²) < 4.78 is 49.7. The van der Waals surface area contributed by atoms with E-state index in [1.165, 1.54) is 14.1 Å². The smallest absolute Gasteiger partial charge is 0.433 e. The second-order valence-corrected chi connectivity index (χ2v) is 14.6. The lowest BCUT2D eigenvalue weighted by Crippen LogP contribution is -2.46. The lowest BCUT2D eigenvalue weighted by Gasteiger charge is -2.28. The first-order chi connectivity index (χ1) is 25.7. The van der Waals surface area contributed by atoms with Crippen molar-refractivity contribution in [2.24, 2.45) is 14.1 Å². The molecular formula is C38H36ClF3N8O4. The molecule has 2 atom stereocenters. The number of alkyl halides is 3. The van der Waals surface area contributed by atoms with Gasteiger partial charge in [-0.3, -0.25) is 18.8 Å². The van der Waals surface area contributed by atoms with E-state index in [-0.39, 0.29) is 34.3 Å². The van der Waals surface area contributed by atoms with Crippen LogP contribution in [0.2, 0.25) is 5.02 Å². The number of carbonyl (C=O) groups excluding carboxylic acids is 1. The van der Waals surface area contributed by atoms with E-state index in [4.69, 9.17) is 21.3 Å². The van der Waals surface area contributed by atoms with E-state index < -0.39 is 23.1 Å². The number of anilines is 2. The number of aromatic nitrogens is 4. The molecule has 5 heterocycles. The van der Waals surface area contributed by atoms with Gasteiger partial charge >= 0.3 is 17.9 Å². The topological polar surface area (TPSA) is 135 Å². The number of aryl methyl sites for hydroxylation is 2. The molecule has 3 aliphatic rings. The van der Waals surface area contributed by atoms with Crippen molar-refractivity contribution >= 4 is 40.0 Å². The van der Waals surface area contributed by atoms with Gasteiger partial charge in [0.2, 0.25) is 5.88 Å². The molecule has 2 amide bonds. The first-order valence-corrected chi connectivity index (χ1v) is 17.8. The summed E-state index contributed by atoms with van der Waals surface area (Å²) in [6.45, 7) is 3.97. The molecule has 54 heavy (non-hydrogen) atoms. The van der Waals surface area contributed by atoms with Gasteiger partial charge in [0.25, 0.3) is 5.56 Å². The summed E-state index contributed by atoms with van der Waals surface area (Å²) in [6.07, 6.45) is -2.28. The molecule has 2 aliphatic heterocycles. The fourth-order valence-electron chi connectivity index (χ4n) is 8.19. The standard InChI is InChI=1S/C38H36ClF3N8O4/c1-19-21(7-6-10-24(19)44-32-30-27(16-28(46-32)38(40,41)42)48(2)36(53)49(3)34(30)51)22-8-5-9-23(31(22)39)25-15-20-11-12-26(29(20)33(45-25)54-4)50-14-13-37(18-50)17-43-35(52)47-37/h5-10,15-16,26H,11-14,17-18H2,1-4H3,(H,44,46)(H2,43,47,52). The maximum Gasteiger partial charge on any atom is 0.433 e. The van der Waals surface area contributed by atoms with Crippen LogP contribution in [0.5, 0.6) is 5.88 Å². The van der Waals surface area contributed by atoms with Gasteiger partial charge in [0.1, 0.15) is 16.9 Å². The van der Waals surface area contributed by atoms with E-state index in [1.807, 2.05) is 24.3 Å². The van der Waals surface area contributed by atoms with Crippen LogP contribution < -0.4 is 31.9 Å². The van der Waals surface area contributed by atoms with Gasteiger partial charge in [0.05, 0.1) is 28.9 Å². The third kappa shape index (κ3) is 5.77. The Kier molecular flexibility index (Phi) is 8.49. The Labute approximate surface area is 311 Å². The van der Waals surface area contributed by atoms with E-state index in [1.54, 1.807) is 26.2 Å². The Balaban J connectivity index is 1.15. The maximum absolute atomic E-state index is 14.0. The average molecular weight is 761 g/mol. The molecule has 16 heteroatoms. The van der Waals surface area contributed by atoms with Crippen molar-refractivity contribution in [3.63, 3.8) is 0 Å². The van der Waals surface area contributed by atoms with Crippen molar-refractivity contribution in [2.75, 3.05) is 32.1 Å². The lowest BCUT2D eigenvalue weighted by atomic mass is 9.96. The molecule has 0 bridgehead atoms. The minimum absolute atomic E-state index is 0.0987. The van der Waals surface area contributed by atoms with Crippen LogP contribution in [0.4, 0.5) is 29.5 Å². The molecule has 1 aliphatic carbocycles. The van der Waals surface area contributed by atoms with Gasteiger partial charge < -0.3 is 20.7 Å². The second-order valence-electron chi connectivity index (χ2n) is 14.2. The van der Waals surface area contributed by atoms with E-state index in [2.05, 4.69) is 31.9 Å². The highest BCUT2D eigenvalue weighted by molar-refractivity contribution is 6.36. The third-order valence-corrected chi connectivity index (χ3v) is 11.4. The van der Waals surface area contributed by atoms with Crippen LogP contribution in [0.15, 0.2) is 58.1 Å². The van der Waals surface area contributed by atoms with E-state index >= 15 is 0 Å². The number of ether oxygens (including phenoxy) is 1. The summed E-state index contributed by atoms with van der Waals surface area (Å²) in [5.41, 5.74) is 2.55. The number of rotatable bonds is 6. The van der Waals surface area contributed by atoms with Crippen molar-refractivity contribution in [3.8, 4) is 28.3 Å². The molecule has 12 nitrogen and oxygen atoms in total. The largest absolute Gasteiger partial charge is 0.481 e. The highest BCUT2D eigenvalue weighted by Gasteiger charge is 2.47. The first kappa shape index (κ1) is 35.6. The van der Waals surface area contributed by atoms with Gasteiger partial charge in [-0.25, -0.2) is 19.6 Å². The zero-order valence-electron chi connectivity index (χ0n) is 29.8. The number of benzene rings is 2. The Bertz CT molecular complexity index is 2520. The maximum atomic E-state index is 14.0. The molecule has 280 valence electrons. The number of nitrogens with zero attached hydrogens (tertiary/aromatic N) is 5. The Morgan fingerprint density at radius 3 is 2.48 bits per heavy atom. The fourth-order valence-corrected chi connectivity index (χ4v) is 8.51. The highest BCUT2D eigenvalue weighted by Crippen LogP contribution is 2.46. The normalized spacial score (nSPS) is 19.7. The van der Waals surface area contributed by atoms with Crippen LogP contribution in [0.25, 0.3) is 33.3 Å². The van der Waals surface area contributed by atoms with Crippen LogP contribution in [0, 0.1) is 6.92 Å². The van der Waals surface area contributed by atoms with Gasteiger partial charge in [-0.2, -0.15) is 13.2 Å². The zero-order chi connectivity index (χ0) is 38.3. The molecule has 5 aromatic rings. The monoisotopic (exact) mass is 760 g/mol. The van der Waals surface area contributed by atoms with Crippen LogP contribution in [0.1, 0.15) is 41.3 Å². The number of pyridine rings is 2. The molecule has 2 aromatic carbocycles. The van der Waals surface area contributed by atoms with E-state index in [0.717, 1.165) is 52.6 Å². The van der Waals surface area contributed by atoms with Gasteiger partial charge in [-0.1, -0.05) is 41.9 Å². The minimum atomic E-state index is -4.84. The second kappa shape index (κ2) is 12.9. The summed E-state index contributed by atoms with van der Waals surface area (Å²) in [7, 11) is 4.16. The number of methoxy groups -OCH3 is 1. The number of likely N-dealkylation sites (tertiary alicyclic amines) is 1.